The number of halogens is 1. The second kappa shape index (κ2) is 6.91. The molecule has 0 aromatic carbocycles. The maximum atomic E-state index is 12.3. The van der Waals surface area contributed by atoms with Crippen molar-refractivity contribution in [1.82, 2.24) is 14.6 Å². The molecule has 1 unspecified atom stereocenters. The predicted molar refractivity (Wildman–Crippen MR) is 83.7 cm³/mol. The maximum absolute atomic E-state index is 12.3. The second-order valence-corrected chi connectivity index (χ2v) is 7.54. The number of piperidine rings is 1. The van der Waals surface area contributed by atoms with E-state index in [-0.39, 0.29) is 21.8 Å². The number of aromatic nitrogens is 1. The van der Waals surface area contributed by atoms with E-state index in [2.05, 4.69) is 14.6 Å². The minimum atomic E-state index is -3.63. The number of nitrogens with zero attached hydrogens (tertiary/aromatic N) is 2. The Hall–Kier alpha value is -0.890. The van der Waals surface area contributed by atoms with Gasteiger partial charge < -0.3 is 10.6 Å². The lowest BCUT2D eigenvalue weighted by Gasteiger charge is -2.29. The fraction of sp³-hybridized carbons (Fsp3) is 0.615. The molecule has 3 N–H and O–H groups in total. The summed E-state index contributed by atoms with van der Waals surface area (Å²) < 4.78 is 27.2. The average Bonchev–Trinajstić information content (AvgIpc) is 2.42. The van der Waals surface area contributed by atoms with E-state index in [1.807, 2.05) is 6.92 Å². The zero-order valence-electron chi connectivity index (χ0n) is 12.0. The van der Waals surface area contributed by atoms with Crippen molar-refractivity contribution in [1.29, 1.82) is 0 Å². The SMILES string of the molecule is CC(CN1CCCCC1)NS(=O)(=O)c1cnc(N)c(Cl)c1. The lowest BCUT2D eigenvalue weighted by Crippen LogP contribution is -2.43. The van der Waals surface area contributed by atoms with Crippen LogP contribution in [0.4, 0.5) is 5.82 Å². The van der Waals surface area contributed by atoms with Crippen LogP contribution in [0.15, 0.2) is 17.2 Å². The Kier molecular flexibility index (Phi) is 5.43. The Morgan fingerprint density at radius 1 is 1.43 bits per heavy atom. The predicted octanol–water partition coefficient (Wildman–Crippen LogP) is 1.47. The zero-order valence-corrected chi connectivity index (χ0v) is 13.6. The molecule has 0 saturated carbocycles. The van der Waals surface area contributed by atoms with E-state index in [4.69, 9.17) is 17.3 Å². The van der Waals surface area contributed by atoms with Crippen LogP contribution in [-0.2, 0) is 10.0 Å². The van der Waals surface area contributed by atoms with Crippen LogP contribution in [-0.4, -0.2) is 44.0 Å². The molecule has 0 amide bonds. The number of nitrogens with one attached hydrogen (secondary N) is 1. The molecule has 1 aliphatic heterocycles. The maximum Gasteiger partial charge on any atom is 0.242 e. The van der Waals surface area contributed by atoms with Crippen molar-refractivity contribution in [3.05, 3.63) is 17.3 Å². The van der Waals surface area contributed by atoms with Crippen LogP contribution >= 0.6 is 11.6 Å². The Balaban J connectivity index is 2.00. The normalized spacial score (nSPS) is 18.6. The van der Waals surface area contributed by atoms with Gasteiger partial charge in [0.05, 0.1) is 5.02 Å². The van der Waals surface area contributed by atoms with Crippen molar-refractivity contribution in [3.8, 4) is 0 Å². The molecule has 8 heteroatoms. The molecule has 0 aliphatic carbocycles. The van der Waals surface area contributed by atoms with E-state index in [1.165, 1.54) is 31.5 Å². The first-order valence-electron chi connectivity index (χ1n) is 7.04. The summed E-state index contributed by atoms with van der Waals surface area (Å²) in [5, 5.41) is 0.140. The molecule has 21 heavy (non-hydrogen) atoms. The van der Waals surface area contributed by atoms with E-state index in [0.29, 0.717) is 6.54 Å². The van der Waals surface area contributed by atoms with Gasteiger partial charge in [-0.05, 0) is 38.9 Å². The molecular formula is C13H21ClN4O2S. The molecule has 0 spiro atoms. The Morgan fingerprint density at radius 3 is 2.71 bits per heavy atom. The van der Waals surface area contributed by atoms with Crippen LogP contribution < -0.4 is 10.5 Å². The number of rotatable bonds is 5. The topological polar surface area (TPSA) is 88.3 Å². The van der Waals surface area contributed by atoms with Crippen molar-refractivity contribution < 1.29 is 8.42 Å². The molecule has 118 valence electrons. The van der Waals surface area contributed by atoms with Crippen molar-refractivity contribution in [2.24, 2.45) is 0 Å². The van der Waals surface area contributed by atoms with E-state index >= 15 is 0 Å². The highest BCUT2D eigenvalue weighted by molar-refractivity contribution is 7.89. The smallest absolute Gasteiger partial charge is 0.242 e. The highest BCUT2D eigenvalue weighted by Crippen LogP contribution is 2.20. The lowest BCUT2D eigenvalue weighted by molar-refractivity contribution is 0.215. The van der Waals surface area contributed by atoms with Gasteiger partial charge in [0.1, 0.15) is 10.7 Å². The molecule has 1 aromatic heterocycles. The van der Waals surface area contributed by atoms with E-state index < -0.39 is 10.0 Å². The Morgan fingerprint density at radius 2 is 2.10 bits per heavy atom. The van der Waals surface area contributed by atoms with Crippen LogP contribution in [0.3, 0.4) is 0 Å². The summed E-state index contributed by atoms with van der Waals surface area (Å²) in [6.07, 6.45) is 4.83. The molecule has 6 nitrogen and oxygen atoms in total. The molecule has 1 atom stereocenters. The summed E-state index contributed by atoms with van der Waals surface area (Å²) in [5.74, 6) is 0.122. The lowest BCUT2D eigenvalue weighted by atomic mass is 10.1. The third kappa shape index (κ3) is 4.54. The van der Waals surface area contributed by atoms with Crippen LogP contribution in [0.25, 0.3) is 0 Å². The summed E-state index contributed by atoms with van der Waals surface area (Å²) in [5.41, 5.74) is 5.49. The first-order valence-corrected chi connectivity index (χ1v) is 8.90. The Labute approximate surface area is 130 Å². The van der Waals surface area contributed by atoms with Crippen molar-refractivity contribution in [2.75, 3.05) is 25.4 Å². The van der Waals surface area contributed by atoms with Crippen LogP contribution in [0.5, 0.6) is 0 Å². The quantitative estimate of drug-likeness (QED) is 0.852. The number of nitrogens with two attached hydrogens (primary N) is 1. The van der Waals surface area contributed by atoms with E-state index in [0.717, 1.165) is 13.1 Å². The standard InChI is InChI=1S/C13H21ClN4O2S/c1-10(9-18-5-3-2-4-6-18)17-21(19,20)11-7-12(14)13(15)16-8-11/h7-8,10,17H,2-6,9H2,1H3,(H2,15,16). The van der Waals surface area contributed by atoms with Crippen LogP contribution in [0.1, 0.15) is 26.2 Å². The monoisotopic (exact) mass is 332 g/mol. The molecule has 0 radical (unpaired) electrons. The molecule has 2 heterocycles. The van der Waals surface area contributed by atoms with Gasteiger partial charge in [-0.3, -0.25) is 0 Å². The minimum Gasteiger partial charge on any atom is -0.382 e. The summed E-state index contributed by atoms with van der Waals surface area (Å²) >= 11 is 5.82. The molecule has 1 saturated heterocycles. The first-order chi connectivity index (χ1) is 9.88. The Bertz CT molecular complexity index is 588. The van der Waals surface area contributed by atoms with Gasteiger partial charge >= 0.3 is 0 Å². The number of likely N-dealkylation sites (tertiary alicyclic amines) is 1. The highest BCUT2D eigenvalue weighted by atomic mass is 35.5. The van der Waals surface area contributed by atoms with Gasteiger partial charge in [0.15, 0.2) is 0 Å². The number of hydrogen-bond acceptors (Lipinski definition) is 5. The van der Waals surface area contributed by atoms with Gasteiger partial charge in [-0.25, -0.2) is 18.1 Å². The highest BCUT2D eigenvalue weighted by Gasteiger charge is 2.21. The van der Waals surface area contributed by atoms with Gasteiger partial charge in [-0.15, -0.1) is 0 Å². The fourth-order valence-corrected chi connectivity index (χ4v) is 3.91. The summed E-state index contributed by atoms with van der Waals surface area (Å²) in [6, 6.07) is 1.14. The summed E-state index contributed by atoms with van der Waals surface area (Å²) in [6.45, 7) is 4.62. The van der Waals surface area contributed by atoms with Crippen molar-refractivity contribution in [3.63, 3.8) is 0 Å². The largest absolute Gasteiger partial charge is 0.382 e. The molecule has 1 aliphatic rings. The molecule has 1 aromatic rings. The van der Waals surface area contributed by atoms with E-state index in [1.54, 1.807) is 0 Å². The summed E-state index contributed by atoms with van der Waals surface area (Å²) in [7, 11) is -3.63. The number of nitrogen functional groups attached to an aromatic ring is 1. The summed E-state index contributed by atoms with van der Waals surface area (Å²) in [4.78, 5) is 6.10. The molecule has 0 bridgehead atoms. The van der Waals surface area contributed by atoms with Crippen molar-refractivity contribution in [2.45, 2.75) is 37.1 Å². The number of anilines is 1. The minimum absolute atomic E-state index is 0.0344. The third-order valence-electron chi connectivity index (χ3n) is 3.49. The molecule has 1 fully saturated rings. The second-order valence-electron chi connectivity index (χ2n) is 5.42. The first kappa shape index (κ1) is 16.5. The van der Waals surface area contributed by atoms with Gasteiger partial charge in [-0.1, -0.05) is 18.0 Å². The van der Waals surface area contributed by atoms with Crippen LogP contribution in [0, 0.1) is 0 Å². The number of pyridine rings is 1. The zero-order chi connectivity index (χ0) is 15.5. The number of sulfonamides is 1. The van der Waals surface area contributed by atoms with E-state index in [9.17, 15) is 8.42 Å². The number of hydrogen-bond donors (Lipinski definition) is 2. The van der Waals surface area contributed by atoms with Crippen molar-refractivity contribution >= 4 is 27.4 Å². The van der Waals surface area contributed by atoms with Gasteiger partial charge in [-0.2, -0.15) is 0 Å². The third-order valence-corrected chi connectivity index (χ3v) is 5.35. The van der Waals surface area contributed by atoms with Crippen LogP contribution in [0.2, 0.25) is 5.02 Å². The average molecular weight is 333 g/mol. The molecule has 2 rings (SSSR count). The van der Waals surface area contributed by atoms with Gasteiger partial charge in [0.25, 0.3) is 0 Å². The van der Waals surface area contributed by atoms with Gasteiger partial charge in [0.2, 0.25) is 10.0 Å². The van der Waals surface area contributed by atoms with Gasteiger partial charge in [0, 0.05) is 18.8 Å². The fourth-order valence-electron chi connectivity index (χ4n) is 2.48. The molecular weight excluding hydrogens is 312 g/mol.